The van der Waals surface area contributed by atoms with Gasteiger partial charge in [-0.05, 0) is 30.7 Å². The van der Waals surface area contributed by atoms with E-state index < -0.39 is 35.5 Å². The van der Waals surface area contributed by atoms with Gasteiger partial charge in [0, 0.05) is 44.0 Å². The predicted octanol–water partition coefficient (Wildman–Crippen LogP) is 1.40. The maximum atomic E-state index is 13.7. The topological polar surface area (TPSA) is 109 Å². The second-order valence-corrected chi connectivity index (χ2v) is 7.22. The van der Waals surface area contributed by atoms with Gasteiger partial charge in [0.05, 0.1) is 5.56 Å². The summed E-state index contributed by atoms with van der Waals surface area (Å²) in [4.78, 5) is 45.3. The Morgan fingerprint density at radius 1 is 1.06 bits per heavy atom. The molecular weight excluding hydrogens is 432 g/mol. The lowest BCUT2D eigenvalue weighted by Gasteiger charge is -2.42. The van der Waals surface area contributed by atoms with E-state index >= 15 is 0 Å². The highest BCUT2D eigenvalue weighted by atomic mass is 35.5. The van der Waals surface area contributed by atoms with Crippen LogP contribution in [-0.4, -0.2) is 64.9 Å². The van der Waals surface area contributed by atoms with Crippen LogP contribution in [0.15, 0.2) is 36.5 Å². The molecule has 1 aromatic carbocycles. The molecule has 8 nitrogen and oxygen atoms in total. The average molecular weight is 452 g/mol. The third-order valence-electron chi connectivity index (χ3n) is 4.67. The van der Waals surface area contributed by atoms with E-state index in [2.05, 4.69) is 10.3 Å². The Morgan fingerprint density at radius 2 is 1.68 bits per heavy atom. The number of hydrogen-bond donors (Lipinski definition) is 2. The molecule has 0 aliphatic carbocycles. The zero-order valence-electron chi connectivity index (χ0n) is 16.4. The van der Waals surface area contributed by atoms with E-state index in [0.717, 1.165) is 17.0 Å². The minimum Gasteiger partial charge on any atom is -0.351 e. The SMILES string of the molecule is NCCNC(=O)C1N(C(=O)c2ccc(Cl)nc2)CCCN1C(=O)c1cc(F)cc(F)c1. The Hall–Kier alpha value is -3.11. The fourth-order valence-electron chi connectivity index (χ4n) is 3.33. The predicted molar refractivity (Wildman–Crippen MR) is 108 cm³/mol. The van der Waals surface area contributed by atoms with Crippen molar-refractivity contribution in [2.75, 3.05) is 26.2 Å². The molecule has 1 aliphatic heterocycles. The molecule has 1 fully saturated rings. The molecule has 3 amide bonds. The molecular formula is C20H20ClF2N5O3. The van der Waals surface area contributed by atoms with Crippen LogP contribution in [0.5, 0.6) is 0 Å². The van der Waals surface area contributed by atoms with Crippen molar-refractivity contribution in [2.45, 2.75) is 12.6 Å². The lowest BCUT2D eigenvalue weighted by Crippen LogP contribution is -2.63. The summed E-state index contributed by atoms with van der Waals surface area (Å²) in [5.74, 6) is -3.81. The summed E-state index contributed by atoms with van der Waals surface area (Å²) < 4.78 is 27.3. The summed E-state index contributed by atoms with van der Waals surface area (Å²) in [6, 6.07) is 5.28. The molecule has 3 N–H and O–H groups in total. The number of carbonyl (C=O) groups excluding carboxylic acids is 3. The number of aromatic nitrogens is 1. The fourth-order valence-corrected chi connectivity index (χ4v) is 3.44. The minimum absolute atomic E-state index is 0.111. The second-order valence-electron chi connectivity index (χ2n) is 6.83. The van der Waals surface area contributed by atoms with E-state index in [1.54, 1.807) is 0 Å². The summed E-state index contributed by atoms with van der Waals surface area (Å²) >= 11 is 5.77. The van der Waals surface area contributed by atoms with Crippen LogP contribution in [0.25, 0.3) is 0 Å². The second kappa shape index (κ2) is 9.80. The van der Waals surface area contributed by atoms with Crippen LogP contribution in [0.4, 0.5) is 8.78 Å². The molecule has 1 saturated heterocycles. The van der Waals surface area contributed by atoms with Crippen LogP contribution < -0.4 is 11.1 Å². The van der Waals surface area contributed by atoms with Crippen LogP contribution in [-0.2, 0) is 4.79 Å². The smallest absolute Gasteiger partial charge is 0.263 e. The Balaban J connectivity index is 1.96. The van der Waals surface area contributed by atoms with Gasteiger partial charge in [-0.15, -0.1) is 0 Å². The summed E-state index contributed by atoms with van der Waals surface area (Å²) in [5, 5.41) is 2.76. The third kappa shape index (κ3) is 5.15. The van der Waals surface area contributed by atoms with Gasteiger partial charge in [-0.1, -0.05) is 11.6 Å². The van der Waals surface area contributed by atoms with Gasteiger partial charge in [-0.2, -0.15) is 0 Å². The zero-order chi connectivity index (χ0) is 22.5. The number of rotatable bonds is 5. The molecule has 164 valence electrons. The summed E-state index contributed by atoms with van der Waals surface area (Å²) in [5.41, 5.74) is 5.35. The highest BCUT2D eigenvalue weighted by Gasteiger charge is 2.40. The van der Waals surface area contributed by atoms with Gasteiger partial charge in [-0.3, -0.25) is 14.4 Å². The van der Waals surface area contributed by atoms with Crippen LogP contribution in [0.2, 0.25) is 5.15 Å². The molecule has 3 rings (SSSR count). The molecule has 0 radical (unpaired) electrons. The van der Waals surface area contributed by atoms with Gasteiger partial charge in [0.2, 0.25) is 0 Å². The Morgan fingerprint density at radius 3 is 2.23 bits per heavy atom. The number of pyridine rings is 1. The number of nitrogens with zero attached hydrogens (tertiary/aromatic N) is 3. The highest BCUT2D eigenvalue weighted by Crippen LogP contribution is 2.22. The van der Waals surface area contributed by atoms with Gasteiger partial charge >= 0.3 is 0 Å². The number of benzene rings is 1. The first-order valence-corrected chi connectivity index (χ1v) is 9.87. The Kier molecular flexibility index (Phi) is 7.13. The minimum atomic E-state index is -1.33. The first-order valence-electron chi connectivity index (χ1n) is 9.49. The molecule has 1 atom stereocenters. The van der Waals surface area contributed by atoms with E-state index in [1.807, 2.05) is 0 Å². The quantitative estimate of drug-likeness (QED) is 0.668. The monoisotopic (exact) mass is 451 g/mol. The lowest BCUT2D eigenvalue weighted by atomic mass is 10.1. The number of halogens is 3. The van der Waals surface area contributed by atoms with Crippen LogP contribution >= 0.6 is 11.6 Å². The molecule has 11 heteroatoms. The van der Waals surface area contributed by atoms with Crippen molar-refractivity contribution in [1.82, 2.24) is 20.1 Å². The van der Waals surface area contributed by atoms with Crippen molar-refractivity contribution in [3.05, 3.63) is 64.4 Å². The van der Waals surface area contributed by atoms with Gasteiger partial charge in [0.15, 0.2) is 6.17 Å². The van der Waals surface area contributed by atoms with Gasteiger partial charge in [0.25, 0.3) is 17.7 Å². The molecule has 0 spiro atoms. The molecule has 1 unspecified atom stereocenters. The number of hydrogen-bond acceptors (Lipinski definition) is 5. The zero-order valence-corrected chi connectivity index (χ0v) is 17.1. The van der Waals surface area contributed by atoms with Crippen molar-refractivity contribution in [3.8, 4) is 0 Å². The first kappa shape index (κ1) is 22.6. The molecule has 31 heavy (non-hydrogen) atoms. The molecule has 2 heterocycles. The van der Waals surface area contributed by atoms with Crippen LogP contribution in [0.1, 0.15) is 27.1 Å². The maximum Gasteiger partial charge on any atom is 0.263 e. The molecule has 0 saturated carbocycles. The fraction of sp³-hybridized carbons (Fsp3) is 0.300. The van der Waals surface area contributed by atoms with Gasteiger partial charge in [-0.25, -0.2) is 13.8 Å². The third-order valence-corrected chi connectivity index (χ3v) is 4.90. The normalized spacial score (nSPS) is 16.2. The molecule has 1 aliphatic rings. The average Bonchev–Trinajstić information content (AvgIpc) is 2.75. The molecule has 2 aromatic rings. The number of nitrogens with one attached hydrogen (secondary N) is 1. The van der Waals surface area contributed by atoms with Crippen molar-refractivity contribution in [2.24, 2.45) is 5.73 Å². The van der Waals surface area contributed by atoms with E-state index in [0.29, 0.717) is 12.5 Å². The van der Waals surface area contributed by atoms with Crippen molar-refractivity contribution in [3.63, 3.8) is 0 Å². The van der Waals surface area contributed by atoms with Crippen molar-refractivity contribution >= 4 is 29.3 Å². The number of amides is 3. The number of carbonyl (C=O) groups is 3. The molecule has 1 aromatic heterocycles. The van der Waals surface area contributed by atoms with Gasteiger partial charge in [0.1, 0.15) is 16.8 Å². The lowest BCUT2D eigenvalue weighted by molar-refractivity contribution is -0.132. The summed E-state index contributed by atoms with van der Waals surface area (Å²) in [7, 11) is 0. The number of nitrogens with two attached hydrogens (primary N) is 1. The largest absolute Gasteiger partial charge is 0.351 e. The van der Waals surface area contributed by atoms with E-state index in [4.69, 9.17) is 17.3 Å². The van der Waals surface area contributed by atoms with Crippen LogP contribution in [0.3, 0.4) is 0 Å². The Bertz CT molecular complexity index is 969. The first-order chi connectivity index (χ1) is 14.8. The summed E-state index contributed by atoms with van der Waals surface area (Å²) in [6.45, 7) is 0.566. The van der Waals surface area contributed by atoms with E-state index in [1.165, 1.54) is 23.2 Å². The standard InChI is InChI=1S/C20H20ClF2N5O3/c21-16-3-2-12(11-26-16)19(30)27-6-1-7-28(18(27)17(29)25-5-4-24)20(31)13-8-14(22)10-15(23)9-13/h2-3,8-11,18H,1,4-7,24H2,(H,25,29). The van der Waals surface area contributed by atoms with Crippen molar-refractivity contribution < 1.29 is 23.2 Å². The highest BCUT2D eigenvalue weighted by molar-refractivity contribution is 6.29. The summed E-state index contributed by atoms with van der Waals surface area (Å²) in [6.07, 6.45) is 0.293. The van der Waals surface area contributed by atoms with Gasteiger partial charge < -0.3 is 20.9 Å². The van der Waals surface area contributed by atoms with Crippen LogP contribution in [0, 0.1) is 11.6 Å². The maximum absolute atomic E-state index is 13.7. The molecule has 0 bridgehead atoms. The van der Waals surface area contributed by atoms with E-state index in [-0.39, 0.29) is 42.5 Å². The van der Waals surface area contributed by atoms with E-state index in [9.17, 15) is 23.2 Å². The van der Waals surface area contributed by atoms with Crippen molar-refractivity contribution in [1.29, 1.82) is 0 Å². The Labute approximate surface area is 182 Å².